The fourth-order valence-electron chi connectivity index (χ4n) is 6.43. The molecule has 3 nitrogen and oxygen atoms in total. The maximum atomic E-state index is 13.3. The van der Waals surface area contributed by atoms with Crippen LogP contribution >= 0.6 is 0 Å². The van der Waals surface area contributed by atoms with Gasteiger partial charge in [-0.3, -0.25) is 4.79 Å². The maximum absolute atomic E-state index is 13.3. The number of carbonyl (C=O) groups excluding carboxylic acids is 1. The number of nitrogens with zero attached hydrogens (tertiary/aromatic N) is 2. The van der Waals surface area contributed by atoms with Crippen molar-refractivity contribution in [1.82, 2.24) is 9.80 Å². The Morgan fingerprint density at radius 2 is 1.38 bits per heavy atom. The first-order chi connectivity index (χ1) is 15.8. The third kappa shape index (κ3) is 4.93. The molecule has 1 amide bonds. The fraction of sp³-hybridized carbons (Fsp3) is 0.552. The van der Waals surface area contributed by atoms with Crippen molar-refractivity contribution < 1.29 is 4.79 Å². The van der Waals surface area contributed by atoms with Crippen LogP contribution < -0.4 is 0 Å². The van der Waals surface area contributed by atoms with Gasteiger partial charge < -0.3 is 9.80 Å². The van der Waals surface area contributed by atoms with Crippen molar-refractivity contribution in [2.45, 2.75) is 56.8 Å². The quantitative estimate of drug-likeness (QED) is 0.608. The van der Waals surface area contributed by atoms with Gasteiger partial charge in [-0.15, -0.1) is 0 Å². The van der Waals surface area contributed by atoms with Crippen molar-refractivity contribution in [3.05, 3.63) is 71.8 Å². The number of likely N-dealkylation sites (tertiary alicyclic amines) is 2. The second-order valence-electron chi connectivity index (χ2n) is 10.3. The normalized spacial score (nSPS) is 25.8. The molecular weight excluding hydrogens is 392 g/mol. The first-order valence-corrected chi connectivity index (χ1v) is 12.9. The van der Waals surface area contributed by atoms with Crippen LogP contribution in [0.5, 0.6) is 0 Å². The highest BCUT2D eigenvalue weighted by Gasteiger charge is 2.39. The monoisotopic (exact) mass is 430 g/mol. The lowest BCUT2D eigenvalue weighted by molar-refractivity contribution is -0.135. The fourth-order valence-corrected chi connectivity index (χ4v) is 6.43. The van der Waals surface area contributed by atoms with Crippen molar-refractivity contribution in [2.24, 2.45) is 11.8 Å². The number of hydrogen-bond donors (Lipinski definition) is 0. The lowest BCUT2D eigenvalue weighted by atomic mass is 9.86. The highest BCUT2D eigenvalue weighted by atomic mass is 16.2. The second-order valence-corrected chi connectivity index (χ2v) is 10.3. The van der Waals surface area contributed by atoms with E-state index in [0.29, 0.717) is 23.7 Å². The summed E-state index contributed by atoms with van der Waals surface area (Å²) in [6.45, 7) is 5.32. The molecule has 2 aliphatic heterocycles. The second kappa shape index (κ2) is 10.2. The molecule has 1 saturated carbocycles. The van der Waals surface area contributed by atoms with Crippen molar-refractivity contribution in [3.63, 3.8) is 0 Å². The Bertz CT molecular complexity index is 853. The summed E-state index contributed by atoms with van der Waals surface area (Å²) in [5.41, 5.74) is 2.91. The van der Waals surface area contributed by atoms with Crippen LogP contribution in [0, 0.1) is 11.8 Å². The summed E-state index contributed by atoms with van der Waals surface area (Å²) in [6, 6.07) is 22.0. The van der Waals surface area contributed by atoms with E-state index in [1.165, 1.54) is 56.3 Å². The lowest BCUT2D eigenvalue weighted by Crippen LogP contribution is -2.39. The highest BCUT2D eigenvalue weighted by molar-refractivity contribution is 5.79. The minimum Gasteiger partial charge on any atom is -0.341 e. The largest absolute Gasteiger partial charge is 0.341 e. The average molecular weight is 431 g/mol. The molecule has 2 aromatic carbocycles. The van der Waals surface area contributed by atoms with Gasteiger partial charge in [0.2, 0.25) is 5.91 Å². The van der Waals surface area contributed by atoms with Crippen LogP contribution in [-0.2, 0) is 4.79 Å². The van der Waals surface area contributed by atoms with Crippen molar-refractivity contribution in [3.8, 4) is 0 Å². The van der Waals surface area contributed by atoms with E-state index in [2.05, 4.69) is 70.5 Å². The lowest BCUT2D eigenvalue weighted by Gasteiger charge is -2.35. The Morgan fingerprint density at radius 1 is 0.750 bits per heavy atom. The molecule has 170 valence electrons. The molecule has 32 heavy (non-hydrogen) atoms. The number of carbonyl (C=O) groups is 1. The molecule has 0 radical (unpaired) electrons. The van der Waals surface area contributed by atoms with E-state index >= 15 is 0 Å². The smallest absolute Gasteiger partial charge is 0.225 e. The molecular formula is C29H38N2O. The Labute approximate surface area is 193 Å². The molecule has 0 bridgehead atoms. The summed E-state index contributed by atoms with van der Waals surface area (Å²) in [4.78, 5) is 18.2. The zero-order chi connectivity index (χ0) is 21.8. The Balaban J connectivity index is 1.24. The van der Waals surface area contributed by atoms with Crippen LogP contribution in [0.15, 0.2) is 60.7 Å². The van der Waals surface area contributed by atoms with Crippen LogP contribution in [0.25, 0.3) is 0 Å². The van der Waals surface area contributed by atoms with Crippen molar-refractivity contribution >= 4 is 5.91 Å². The molecule has 3 fully saturated rings. The van der Waals surface area contributed by atoms with Gasteiger partial charge in [0.15, 0.2) is 0 Å². The van der Waals surface area contributed by atoms with Crippen LogP contribution in [0.4, 0.5) is 0 Å². The minimum atomic E-state index is 0.278. The number of piperidine rings is 1. The highest BCUT2D eigenvalue weighted by Crippen LogP contribution is 2.37. The molecule has 2 heterocycles. The average Bonchev–Trinajstić information content (AvgIpc) is 3.29. The Kier molecular flexibility index (Phi) is 6.92. The van der Waals surface area contributed by atoms with Gasteiger partial charge in [0.05, 0.1) is 0 Å². The van der Waals surface area contributed by atoms with Gasteiger partial charge in [-0.25, -0.2) is 0 Å². The topological polar surface area (TPSA) is 23.6 Å². The summed E-state index contributed by atoms with van der Waals surface area (Å²) in [6.07, 6.45) is 8.46. The predicted octanol–water partition coefficient (Wildman–Crippen LogP) is 5.69. The summed E-state index contributed by atoms with van der Waals surface area (Å²) in [5, 5.41) is 0. The molecule has 0 N–H and O–H groups in total. The van der Waals surface area contributed by atoms with Gasteiger partial charge in [-0.2, -0.15) is 0 Å². The zero-order valence-corrected chi connectivity index (χ0v) is 19.4. The van der Waals surface area contributed by atoms with E-state index in [-0.39, 0.29) is 5.92 Å². The summed E-state index contributed by atoms with van der Waals surface area (Å²) in [5.74, 6) is 2.43. The van der Waals surface area contributed by atoms with Gasteiger partial charge in [-0.05, 0) is 61.7 Å². The maximum Gasteiger partial charge on any atom is 0.225 e. The molecule has 2 saturated heterocycles. The van der Waals surface area contributed by atoms with E-state index in [1.54, 1.807) is 0 Å². The first kappa shape index (κ1) is 21.7. The molecule has 2 atom stereocenters. The number of rotatable bonds is 5. The minimum absolute atomic E-state index is 0.278. The molecule has 0 aromatic heterocycles. The van der Waals surface area contributed by atoms with Gasteiger partial charge in [0, 0.05) is 31.5 Å². The third-order valence-corrected chi connectivity index (χ3v) is 8.29. The first-order valence-electron chi connectivity index (χ1n) is 12.9. The molecule has 1 aliphatic carbocycles. The molecule has 0 unspecified atom stereocenters. The predicted molar refractivity (Wildman–Crippen MR) is 131 cm³/mol. The van der Waals surface area contributed by atoms with E-state index in [9.17, 15) is 4.79 Å². The van der Waals surface area contributed by atoms with E-state index in [4.69, 9.17) is 0 Å². The van der Waals surface area contributed by atoms with Crippen molar-refractivity contribution in [2.75, 3.05) is 32.7 Å². The number of hydrogen-bond acceptors (Lipinski definition) is 2. The number of amides is 1. The van der Waals surface area contributed by atoms with E-state index in [1.807, 2.05) is 0 Å². The van der Waals surface area contributed by atoms with Crippen LogP contribution in [0.1, 0.15) is 67.9 Å². The van der Waals surface area contributed by atoms with Gasteiger partial charge in [-0.1, -0.05) is 79.9 Å². The summed E-state index contributed by atoms with van der Waals surface area (Å²) in [7, 11) is 0. The van der Waals surface area contributed by atoms with E-state index in [0.717, 1.165) is 32.5 Å². The summed E-state index contributed by atoms with van der Waals surface area (Å²) < 4.78 is 0. The van der Waals surface area contributed by atoms with Gasteiger partial charge >= 0.3 is 0 Å². The van der Waals surface area contributed by atoms with E-state index < -0.39 is 0 Å². The molecule has 5 rings (SSSR count). The molecule has 2 aromatic rings. The molecule has 0 spiro atoms. The molecule has 3 heteroatoms. The van der Waals surface area contributed by atoms with Gasteiger partial charge in [0.1, 0.15) is 0 Å². The third-order valence-electron chi connectivity index (χ3n) is 8.29. The van der Waals surface area contributed by atoms with Crippen LogP contribution in [0.2, 0.25) is 0 Å². The summed E-state index contributed by atoms with van der Waals surface area (Å²) >= 11 is 0. The van der Waals surface area contributed by atoms with Crippen molar-refractivity contribution in [1.29, 1.82) is 0 Å². The Hall–Kier alpha value is -2.13. The zero-order valence-electron chi connectivity index (χ0n) is 19.4. The standard InChI is InChI=1S/C29H38N2O/c32-29(26-14-8-3-9-15-26)31-21-27(28(22-31)25-12-6-2-7-13-25)20-30-18-16-24(17-19-30)23-10-4-1-5-11-23/h1-2,4-7,10-13,24,26-28H,3,8-9,14-22H2/t27-,28+/m0/s1. The van der Waals surface area contributed by atoms with Gasteiger partial charge in [0.25, 0.3) is 0 Å². The number of benzene rings is 2. The Morgan fingerprint density at radius 3 is 2.03 bits per heavy atom. The molecule has 3 aliphatic rings. The van der Waals surface area contributed by atoms with Crippen LogP contribution in [0.3, 0.4) is 0 Å². The SMILES string of the molecule is O=C(C1CCCCC1)N1C[C@H](CN2CCC(c3ccccc3)CC2)[C@@H](c2ccccc2)C1. The van der Waals surface area contributed by atoms with Crippen LogP contribution in [-0.4, -0.2) is 48.4 Å².